The topological polar surface area (TPSA) is 89.1 Å². The number of carbonyl (C=O) groups is 1. The van der Waals surface area contributed by atoms with Gasteiger partial charge in [0.25, 0.3) is 0 Å². The lowest BCUT2D eigenvalue weighted by Gasteiger charge is -2.33. The second kappa shape index (κ2) is 13.2. The number of carbonyl (C=O) groups excluding carboxylic acids is 1. The van der Waals surface area contributed by atoms with Crippen molar-refractivity contribution in [3.05, 3.63) is 52.3 Å². The van der Waals surface area contributed by atoms with Gasteiger partial charge in [-0.2, -0.15) is 4.84 Å². The van der Waals surface area contributed by atoms with Gasteiger partial charge in [-0.05, 0) is 67.6 Å². The van der Waals surface area contributed by atoms with Crippen molar-refractivity contribution in [3.8, 4) is 0 Å². The van der Waals surface area contributed by atoms with Crippen molar-refractivity contribution < 1.29 is 19.7 Å². The zero-order valence-electron chi connectivity index (χ0n) is 19.5. The molecule has 0 amide bonds. The van der Waals surface area contributed by atoms with Crippen LogP contribution in [0.1, 0.15) is 77.6 Å². The summed E-state index contributed by atoms with van der Waals surface area (Å²) < 4.78 is 6.49. The molecule has 6 nitrogen and oxygen atoms in total. The van der Waals surface area contributed by atoms with Gasteiger partial charge in [0.15, 0.2) is 0 Å². The number of nitrogens with one attached hydrogen (secondary N) is 1. The molecule has 5 atom stereocenters. The number of rotatable bonds is 14. The van der Waals surface area contributed by atoms with E-state index in [0.717, 1.165) is 70.5 Å². The Bertz CT molecular complexity index is 725. The number of allylic oxidation sites excluding steroid dienone is 5. The fraction of sp³-hybridized carbons (Fsp3) is 0.654. The number of quaternary nitrogens is 1. The number of ether oxygens (including phenoxy) is 1. The molecule has 0 aromatic carbocycles. The zero-order valence-corrected chi connectivity index (χ0v) is 19.5. The van der Waals surface area contributed by atoms with Gasteiger partial charge in [-0.15, -0.1) is 11.2 Å². The second-order valence-electron chi connectivity index (χ2n) is 9.28. The molecule has 3 N–H and O–H groups in total. The molecule has 0 saturated carbocycles. The van der Waals surface area contributed by atoms with E-state index in [-0.39, 0.29) is 12.2 Å². The molecule has 0 radical (unpaired) electrons. The molecule has 5 unspecified atom stereocenters. The predicted octanol–water partition coefficient (Wildman–Crippen LogP) is 4.05. The maximum Gasteiger partial charge on any atom is 0.123 e. The Balaban J connectivity index is 1.59. The van der Waals surface area contributed by atoms with Crippen molar-refractivity contribution >= 4 is 6.29 Å². The van der Waals surface area contributed by atoms with Crippen LogP contribution < -0.4 is 11.2 Å². The molecule has 0 bridgehead atoms. The van der Waals surface area contributed by atoms with Gasteiger partial charge in [0.1, 0.15) is 12.4 Å². The minimum Gasteiger partial charge on any atom is -0.580 e. The highest BCUT2D eigenvalue weighted by molar-refractivity contribution is 5.54. The van der Waals surface area contributed by atoms with Crippen LogP contribution in [-0.2, 0) is 14.4 Å². The first-order valence-electron chi connectivity index (χ1n) is 12.4. The van der Waals surface area contributed by atoms with Crippen LogP contribution in [0, 0.1) is 17.0 Å². The molecular weight excluding hydrogens is 404 g/mol. The largest absolute Gasteiger partial charge is 0.580 e. The Morgan fingerprint density at radius 3 is 2.94 bits per heavy atom. The highest BCUT2D eigenvalue weighted by atomic mass is 16.9. The average Bonchev–Trinajstić information content (AvgIpc) is 3.62. The summed E-state index contributed by atoms with van der Waals surface area (Å²) in [5, 5.41) is 10.8. The number of nitrogens with two attached hydrogens (primary N) is 1. The van der Waals surface area contributed by atoms with E-state index in [0.29, 0.717) is 24.9 Å². The molecule has 6 heteroatoms. The molecule has 3 aliphatic carbocycles. The Hall–Kier alpha value is -1.57. The summed E-state index contributed by atoms with van der Waals surface area (Å²) in [6.07, 6.45) is 22.6. The average molecular weight is 445 g/mol. The Kier molecular flexibility index (Phi) is 10.3. The highest BCUT2D eigenvalue weighted by Crippen LogP contribution is 2.40. The molecule has 0 heterocycles. The van der Waals surface area contributed by atoms with Gasteiger partial charge >= 0.3 is 0 Å². The normalized spacial score (nSPS) is 27.5. The van der Waals surface area contributed by atoms with Gasteiger partial charge in [0.2, 0.25) is 0 Å². The van der Waals surface area contributed by atoms with Gasteiger partial charge in [-0.25, -0.2) is 0 Å². The first kappa shape index (κ1) is 25.1. The van der Waals surface area contributed by atoms with E-state index in [1.54, 1.807) is 0 Å². The molecule has 178 valence electrons. The van der Waals surface area contributed by atoms with Crippen LogP contribution in [0.25, 0.3) is 0 Å². The molecule has 0 spiro atoms. The summed E-state index contributed by atoms with van der Waals surface area (Å²) in [4.78, 5) is 16.2. The Morgan fingerprint density at radius 1 is 1.38 bits per heavy atom. The maximum atomic E-state index is 11.5. The summed E-state index contributed by atoms with van der Waals surface area (Å²) >= 11 is 0. The lowest BCUT2D eigenvalue weighted by atomic mass is 9.81. The first-order chi connectivity index (χ1) is 15.6. The second-order valence-corrected chi connectivity index (χ2v) is 9.28. The van der Waals surface area contributed by atoms with Crippen LogP contribution in [0.15, 0.2) is 47.1 Å². The van der Waals surface area contributed by atoms with Crippen LogP contribution in [0.5, 0.6) is 0 Å². The van der Waals surface area contributed by atoms with E-state index in [4.69, 9.17) is 15.4 Å². The van der Waals surface area contributed by atoms with Crippen molar-refractivity contribution in [2.24, 2.45) is 17.7 Å². The Morgan fingerprint density at radius 2 is 2.22 bits per heavy atom. The summed E-state index contributed by atoms with van der Waals surface area (Å²) in [6, 6.07) is 0. The minimum atomic E-state index is -0.668. The monoisotopic (exact) mass is 444 g/mol. The molecule has 0 fully saturated rings. The highest BCUT2D eigenvalue weighted by Gasteiger charge is 2.32. The number of hydrogen-bond acceptors (Lipinski definition) is 5. The van der Waals surface area contributed by atoms with Gasteiger partial charge in [-0.1, -0.05) is 56.6 Å². The third-order valence-electron chi connectivity index (χ3n) is 6.74. The molecule has 0 saturated heterocycles. The van der Waals surface area contributed by atoms with E-state index < -0.39 is 5.34 Å². The van der Waals surface area contributed by atoms with Crippen molar-refractivity contribution in [2.75, 3.05) is 6.61 Å². The van der Waals surface area contributed by atoms with Crippen LogP contribution in [0.3, 0.4) is 0 Å². The fourth-order valence-electron chi connectivity index (χ4n) is 5.07. The molecule has 0 aromatic heterocycles. The summed E-state index contributed by atoms with van der Waals surface area (Å²) in [7, 11) is 0. The van der Waals surface area contributed by atoms with Crippen LogP contribution in [-0.4, -0.2) is 25.1 Å². The van der Waals surface area contributed by atoms with Crippen LogP contribution >= 0.6 is 0 Å². The number of aldehydes is 1. The SMILES string of the molecule is CCCCCC(O[NH+](N)[O-])C1CC=CC(COC2CCCC(/C=C\CC=O)=C2C2=CC2)C1. The lowest BCUT2D eigenvalue weighted by Crippen LogP contribution is -3.13. The molecule has 0 aromatic rings. The summed E-state index contributed by atoms with van der Waals surface area (Å²) in [6.45, 7) is 2.86. The lowest BCUT2D eigenvalue weighted by molar-refractivity contribution is -1.07. The van der Waals surface area contributed by atoms with Crippen molar-refractivity contribution in [3.63, 3.8) is 0 Å². The maximum absolute atomic E-state index is 11.5. The number of unbranched alkanes of at least 4 members (excludes halogenated alkanes) is 2. The van der Waals surface area contributed by atoms with Crippen molar-refractivity contribution in [1.82, 2.24) is 0 Å². The third kappa shape index (κ3) is 7.78. The van der Waals surface area contributed by atoms with Crippen molar-refractivity contribution in [2.45, 2.75) is 89.8 Å². The quantitative estimate of drug-likeness (QED) is 0.139. The van der Waals surface area contributed by atoms with Gasteiger partial charge in [0.05, 0.1) is 12.7 Å². The van der Waals surface area contributed by atoms with Gasteiger partial charge in [0, 0.05) is 12.3 Å². The fourth-order valence-corrected chi connectivity index (χ4v) is 5.07. The molecule has 3 rings (SSSR count). The van der Waals surface area contributed by atoms with E-state index in [2.05, 4.69) is 31.2 Å². The molecule has 32 heavy (non-hydrogen) atoms. The molecular formula is C26H40N2O4. The Labute approximate surface area is 192 Å². The summed E-state index contributed by atoms with van der Waals surface area (Å²) in [5.74, 6) is 5.98. The van der Waals surface area contributed by atoms with Crippen LogP contribution in [0.4, 0.5) is 0 Å². The van der Waals surface area contributed by atoms with E-state index in [9.17, 15) is 10.0 Å². The van der Waals surface area contributed by atoms with E-state index in [1.807, 2.05) is 6.08 Å². The molecule has 0 aliphatic heterocycles. The van der Waals surface area contributed by atoms with E-state index >= 15 is 0 Å². The summed E-state index contributed by atoms with van der Waals surface area (Å²) in [5.41, 5.74) is 4.09. The van der Waals surface area contributed by atoms with Gasteiger partial charge in [-0.3, -0.25) is 0 Å². The predicted molar refractivity (Wildman–Crippen MR) is 126 cm³/mol. The first-order valence-corrected chi connectivity index (χ1v) is 12.4. The zero-order chi connectivity index (χ0) is 22.8. The standard InChI is InChI=1S/C26H40N2O4/c1-2-3-4-13-24(32-28(27)30)23-12-7-9-20(18-23)19-31-25-14-8-11-21(10-5-6-17-29)26(25)22-15-16-22/h5,7,9-10,15,17,20,23-25,28H,2-4,6,8,11-14,16,18-19,27H2,1H3/b10-5-. The molecule has 3 aliphatic rings. The van der Waals surface area contributed by atoms with E-state index in [1.165, 1.54) is 16.7 Å². The van der Waals surface area contributed by atoms with Crippen LogP contribution in [0.2, 0.25) is 0 Å². The third-order valence-corrected chi connectivity index (χ3v) is 6.74. The minimum absolute atomic E-state index is 0.109. The smallest absolute Gasteiger partial charge is 0.123 e. The number of hydrogen-bond donors (Lipinski definition) is 2. The van der Waals surface area contributed by atoms with Crippen molar-refractivity contribution in [1.29, 1.82) is 0 Å². The van der Waals surface area contributed by atoms with Gasteiger partial charge < -0.3 is 14.7 Å².